The van der Waals surface area contributed by atoms with Gasteiger partial charge in [-0.2, -0.15) is 0 Å². The van der Waals surface area contributed by atoms with Gasteiger partial charge in [-0.3, -0.25) is 0 Å². The second kappa shape index (κ2) is 5.05. The Morgan fingerprint density at radius 3 is 1.27 bits per heavy atom. The molecule has 5 heteroatoms. The third-order valence-electron chi connectivity index (χ3n) is 0.492. The summed E-state index contributed by atoms with van der Waals surface area (Å²) in [6.45, 7) is 3.28. The van der Waals surface area contributed by atoms with E-state index in [1.165, 1.54) is 0 Å². The number of rotatable bonds is 1. The molecule has 0 amide bonds. The summed E-state index contributed by atoms with van der Waals surface area (Å²) in [7, 11) is 6.78. The molecule has 0 saturated carbocycles. The van der Waals surface area contributed by atoms with Crippen LogP contribution in [0.15, 0.2) is 0 Å². The van der Waals surface area contributed by atoms with E-state index in [0.29, 0.717) is 10.5 Å². The zero-order valence-corrected chi connectivity index (χ0v) is 11.8. The van der Waals surface area contributed by atoms with E-state index in [2.05, 4.69) is 32.3 Å². The van der Waals surface area contributed by atoms with E-state index in [-0.39, 0.29) is 0 Å². The number of hydrogen-bond acceptors (Lipinski definition) is 2. The lowest BCUT2D eigenvalue weighted by atomic mass is 10.8. The summed E-state index contributed by atoms with van der Waals surface area (Å²) >= 11 is 0. The van der Waals surface area contributed by atoms with Crippen LogP contribution in [0.3, 0.4) is 0 Å². The van der Waals surface area contributed by atoms with Crippen LogP contribution < -0.4 is 4.80 Å². The average Bonchev–Trinajstić information content (AvgIpc) is 1.59. The van der Waals surface area contributed by atoms with Crippen molar-refractivity contribution in [1.82, 2.24) is 0 Å². The monoisotopic (exact) mass is 195 g/mol. The zero-order valence-electron chi connectivity index (χ0n) is 8.76. The van der Waals surface area contributed by atoms with Gasteiger partial charge in [-0.1, -0.05) is 13.1 Å². The van der Waals surface area contributed by atoms with Gasteiger partial charge in [0.25, 0.3) is 0 Å². The van der Waals surface area contributed by atoms with Crippen molar-refractivity contribution in [2.75, 3.05) is 28.2 Å². The van der Waals surface area contributed by atoms with Gasteiger partial charge in [-0.15, -0.1) is 0 Å². The maximum atomic E-state index is 10.4. The highest BCUT2D eigenvalue weighted by molar-refractivity contribution is 6.64. The Balaban J connectivity index is 0. The number of nitrogens with zero attached hydrogens (tertiary/aromatic N) is 1. The first kappa shape index (κ1) is 13.9. The molecule has 0 aliphatic carbocycles. The molecule has 0 bridgehead atoms. The first-order chi connectivity index (χ1) is 4.56. The molecule has 11 heavy (non-hydrogen) atoms. The van der Waals surface area contributed by atoms with E-state index in [9.17, 15) is 4.80 Å². The Labute approximate surface area is 74.4 Å². The maximum Gasteiger partial charge on any atom is 0.128 e. The summed E-state index contributed by atoms with van der Waals surface area (Å²) in [5.41, 5.74) is 0. The molecule has 0 aromatic rings. The molecule has 0 aliphatic rings. The standard InChI is InChI=1S/C4H12N.C2H9O2Si2/c1-5(2,3)4;1-6(2,3)4-5/h1-4H3;1-2,5H3/q+1;-1. The molecule has 0 heterocycles. The predicted molar refractivity (Wildman–Crippen MR) is 52.5 cm³/mol. The van der Waals surface area contributed by atoms with Crippen LogP contribution in [0.5, 0.6) is 0 Å². The van der Waals surface area contributed by atoms with Crippen LogP contribution in [-0.4, -0.2) is 51.7 Å². The van der Waals surface area contributed by atoms with Gasteiger partial charge in [0.1, 0.15) is 10.5 Å². The van der Waals surface area contributed by atoms with Gasteiger partial charge >= 0.3 is 0 Å². The average molecular weight is 195 g/mol. The Hall–Kier alpha value is 0.314. The van der Waals surface area contributed by atoms with E-state index in [4.69, 9.17) is 0 Å². The number of hydrogen-bond donors (Lipinski definition) is 0. The third-order valence-corrected chi connectivity index (χ3v) is 4.42. The van der Waals surface area contributed by atoms with Crippen molar-refractivity contribution < 1.29 is 13.4 Å². The van der Waals surface area contributed by atoms with Crippen LogP contribution in [0.2, 0.25) is 13.1 Å². The van der Waals surface area contributed by atoms with Crippen molar-refractivity contribution in [1.29, 1.82) is 0 Å². The summed E-state index contributed by atoms with van der Waals surface area (Å²) < 4.78 is 5.66. The van der Waals surface area contributed by atoms with Gasteiger partial charge in [-0.25, -0.2) is 0 Å². The fourth-order valence-electron chi connectivity index (χ4n) is 0. The lowest BCUT2D eigenvalue weighted by molar-refractivity contribution is -0.849. The van der Waals surface area contributed by atoms with Crippen LogP contribution in [-0.2, 0) is 4.12 Å². The molecule has 0 rings (SSSR count). The smallest absolute Gasteiger partial charge is 0.128 e. The first-order valence-corrected chi connectivity index (χ1v) is 7.24. The summed E-state index contributed by atoms with van der Waals surface area (Å²) in [6, 6.07) is 0. The van der Waals surface area contributed by atoms with Crippen molar-refractivity contribution in [3.8, 4) is 0 Å². The summed E-state index contributed by atoms with van der Waals surface area (Å²) in [5.74, 6) is 0. The molecule has 0 spiro atoms. The van der Waals surface area contributed by atoms with Gasteiger partial charge in [0.2, 0.25) is 0 Å². The highest BCUT2D eigenvalue weighted by Gasteiger charge is 1.96. The van der Waals surface area contributed by atoms with Crippen molar-refractivity contribution in [3.63, 3.8) is 0 Å². The van der Waals surface area contributed by atoms with Crippen LogP contribution >= 0.6 is 0 Å². The van der Waals surface area contributed by atoms with E-state index >= 15 is 0 Å². The second-order valence-electron chi connectivity index (χ2n) is 4.29. The summed E-state index contributed by atoms with van der Waals surface area (Å²) in [5, 5.41) is 0. The third kappa shape index (κ3) is 64.9. The minimum absolute atomic E-state index is 0.597. The van der Waals surface area contributed by atoms with Crippen LogP contribution in [0.25, 0.3) is 0 Å². The quantitative estimate of drug-likeness (QED) is 0.384. The molecule has 0 atom stereocenters. The van der Waals surface area contributed by atoms with Crippen molar-refractivity contribution >= 4 is 19.0 Å². The minimum Gasteiger partial charge on any atom is -0.839 e. The fraction of sp³-hybridized carbons (Fsp3) is 1.00. The topological polar surface area (TPSA) is 32.3 Å². The summed E-state index contributed by atoms with van der Waals surface area (Å²) in [4.78, 5) is 10.4. The van der Waals surface area contributed by atoms with E-state index in [1.54, 1.807) is 13.1 Å². The Bertz CT molecular complexity index is 89.7. The van der Waals surface area contributed by atoms with Gasteiger partial charge in [-0.05, 0) is 0 Å². The first-order valence-electron chi connectivity index (χ1n) is 3.61. The largest absolute Gasteiger partial charge is 0.839 e. The fourth-order valence-corrected chi connectivity index (χ4v) is 0. The van der Waals surface area contributed by atoms with Crippen LogP contribution in [0.4, 0.5) is 0 Å². The predicted octanol–water partition coefficient (Wildman–Crippen LogP) is -1.33. The highest BCUT2D eigenvalue weighted by Crippen LogP contribution is 1.85. The Kier molecular flexibility index (Phi) is 6.37. The molecular weight excluding hydrogens is 174 g/mol. The lowest BCUT2D eigenvalue weighted by Gasteiger charge is -2.26. The molecule has 70 valence electrons. The Morgan fingerprint density at radius 2 is 1.27 bits per heavy atom. The second-order valence-corrected chi connectivity index (χ2v) is 8.72. The van der Waals surface area contributed by atoms with Gasteiger partial charge in [0.15, 0.2) is 0 Å². The van der Waals surface area contributed by atoms with Crippen LogP contribution in [0, 0.1) is 0 Å². The van der Waals surface area contributed by atoms with Gasteiger partial charge in [0, 0.05) is 0 Å². The van der Waals surface area contributed by atoms with E-state index in [1.807, 2.05) is 0 Å². The van der Waals surface area contributed by atoms with Crippen molar-refractivity contribution in [2.45, 2.75) is 13.1 Å². The molecule has 3 nitrogen and oxygen atoms in total. The molecule has 0 aromatic heterocycles. The summed E-state index contributed by atoms with van der Waals surface area (Å²) in [6.07, 6.45) is 0. The molecule has 0 fully saturated rings. The molecule has 0 aromatic carbocycles. The zero-order chi connectivity index (χ0) is 9.71. The van der Waals surface area contributed by atoms with Crippen LogP contribution in [0.1, 0.15) is 0 Å². The molecule has 0 unspecified atom stereocenters. The minimum atomic E-state index is -2.32. The molecular formula is C6H21NO2Si2. The van der Waals surface area contributed by atoms with Gasteiger partial charge in [0.05, 0.1) is 36.8 Å². The van der Waals surface area contributed by atoms with E-state index < -0.39 is 8.56 Å². The lowest BCUT2D eigenvalue weighted by Crippen LogP contribution is -2.45. The maximum absolute atomic E-state index is 10.4. The highest BCUT2D eigenvalue weighted by atomic mass is 28.4. The Morgan fingerprint density at radius 1 is 1.18 bits per heavy atom. The SMILES string of the molecule is C[N+](C)(C)C.C[Si](C)([O-])O[SiH3]. The number of quaternary nitrogens is 1. The van der Waals surface area contributed by atoms with Crippen molar-refractivity contribution in [3.05, 3.63) is 0 Å². The van der Waals surface area contributed by atoms with E-state index in [0.717, 1.165) is 4.48 Å². The normalized spacial score (nSPS) is 12.3. The molecule has 0 saturated heterocycles. The molecule has 0 aliphatic heterocycles. The van der Waals surface area contributed by atoms with Crippen molar-refractivity contribution in [2.24, 2.45) is 0 Å². The molecule has 0 N–H and O–H groups in total. The van der Waals surface area contributed by atoms with Gasteiger partial charge < -0.3 is 13.4 Å². The molecule has 0 radical (unpaired) electrons.